The van der Waals surface area contributed by atoms with E-state index in [0.29, 0.717) is 24.7 Å². The number of carbonyl (C=O) groups excluding carboxylic acids is 2. The molecular formula is C22H30N2O3. The minimum atomic E-state index is -0.422. The van der Waals surface area contributed by atoms with Crippen molar-refractivity contribution >= 4 is 12.0 Å². The molecule has 1 aromatic carbocycles. The molecule has 1 aromatic rings. The van der Waals surface area contributed by atoms with E-state index in [4.69, 9.17) is 0 Å². The van der Waals surface area contributed by atoms with Crippen molar-refractivity contribution in [2.24, 2.45) is 17.3 Å². The number of benzene rings is 1. The highest BCUT2D eigenvalue weighted by Crippen LogP contribution is 2.68. The van der Waals surface area contributed by atoms with E-state index in [2.05, 4.69) is 53.9 Å². The van der Waals surface area contributed by atoms with Crippen LogP contribution in [0, 0.1) is 31.1 Å². The Hall–Kier alpha value is -2.04. The number of hydrogen-bond acceptors (Lipinski definition) is 3. The van der Waals surface area contributed by atoms with Crippen LogP contribution < -0.4 is 5.32 Å². The van der Waals surface area contributed by atoms with Gasteiger partial charge < -0.3 is 15.0 Å². The van der Waals surface area contributed by atoms with Crippen LogP contribution in [0.15, 0.2) is 18.2 Å². The number of methoxy groups -OCH3 is 1. The van der Waals surface area contributed by atoms with Crippen molar-refractivity contribution in [2.75, 3.05) is 20.2 Å². The highest BCUT2D eigenvalue weighted by molar-refractivity contribution is 5.81. The number of amides is 2. The molecule has 4 rings (SSSR count). The van der Waals surface area contributed by atoms with Gasteiger partial charge in [-0.2, -0.15) is 0 Å². The van der Waals surface area contributed by atoms with Gasteiger partial charge in [-0.05, 0) is 67.6 Å². The van der Waals surface area contributed by atoms with Gasteiger partial charge in [-0.1, -0.05) is 25.1 Å². The number of fused-ring (bicyclic) bond motifs is 1. The molecule has 27 heavy (non-hydrogen) atoms. The van der Waals surface area contributed by atoms with E-state index in [1.807, 2.05) is 6.92 Å². The lowest BCUT2D eigenvalue weighted by molar-refractivity contribution is -0.140. The minimum Gasteiger partial charge on any atom is -0.453 e. The molecule has 1 N–H and O–H groups in total. The molecule has 0 radical (unpaired) electrons. The predicted octanol–water partition coefficient (Wildman–Crippen LogP) is 3.39. The monoisotopic (exact) mass is 370 g/mol. The van der Waals surface area contributed by atoms with Gasteiger partial charge in [0.15, 0.2) is 0 Å². The van der Waals surface area contributed by atoms with E-state index in [9.17, 15) is 9.59 Å². The van der Waals surface area contributed by atoms with E-state index < -0.39 is 6.09 Å². The summed E-state index contributed by atoms with van der Waals surface area (Å²) < 4.78 is 4.67. The summed E-state index contributed by atoms with van der Waals surface area (Å²) in [5, 5.41) is 2.85. The summed E-state index contributed by atoms with van der Waals surface area (Å²) in [4.78, 5) is 26.4. The number of aryl methyl sites for hydroxylation is 2. The molecule has 1 aliphatic heterocycles. The summed E-state index contributed by atoms with van der Waals surface area (Å²) in [6, 6.07) is 6.80. The first-order valence-corrected chi connectivity index (χ1v) is 9.89. The molecular weight excluding hydrogens is 340 g/mol. The molecule has 0 aromatic heterocycles. The number of nitrogens with one attached hydrogen (secondary N) is 1. The van der Waals surface area contributed by atoms with Gasteiger partial charge in [0, 0.05) is 24.5 Å². The number of carbonyl (C=O) groups is 2. The Morgan fingerprint density at radius 1 is 1.19 bits per heavy atom. The highest BCUT2D eigenvalue weighted by atomic mass is 16.5. The van der Waals surface area contributed by atoms with Crippen LogP contribution >= 0.6 is 0 Å². The van der Waals surface area contributed by atoms with Gasteiger partial charge in [-0.25, -0.2) is 4.79 Å². The van der Waals surface area contributed by atoms with Crippen LogP contribution in [-0.2, 0) is 9.53 Å². The van der Waals surface area contributed by atoms with Crippen molar-refractivity contribution < 1.29 is 14.3 Å². The lowest BCUT2D eigenvalue weighted by Gasteiger charge is -2.45. The molecule has 0 spiro atoms. The van der Waals surface area contributed by atoms with Crippen LogP contribution in [0.1, 0.15) is 49.3 Å². The number of hydrogen-bond donors (Lipinski definition) is 1. The fourth-order valence-electron chi connectivity index (χ4n) is 5.50. The Balaban J connectivity index is 1.35. The SMILES string of the molecule is COC(=O)NC1(C)CC(C(=O)N2C[C@H]3[C@H](c4ccc(C)c(C)c4)[C@@]3(C)C2)C1. The van der Waals surface area contributed by atoms with Crippen molar-refractivity contribution in [3.05, 3.63) is 34.9 Å². The topological polar surface area (TPSA) is 58.6 Å². The van der Waals surface area contributed by atoms with Gasteiger partial charge in [0.2, 0.25) is 5.91 Å². The van der Waals surface area contributed by atoms with Gasteiger partial charge >= 0.3 is 6.09 Å². The number of alkyl carbamates (subject to hydrolysis) is 1. The molecule has 3 atom stereocenters. The summed E-state index contributed by atoms with van der Waals surface area (Å²) in [6.07, 6.45) is 0.966. The standard InChI is InChI=1S/C22H30N2O3/c1-13-6-7-15(8-14(13)2)18-17-11-24(12-22(17,18)4)19(25)16-9-21(3,10-16)23-20(26)27-5/h6-8,16-18H,9-12H2,1-5H3,(H,23,26)/t16?,17-,18-,21?,22-/m0/s1. The number of piperidine rings is 1. The molecule has 5 heteroatoms. The minimum absolute atomic E-state index is 0.0216. The number of rotatable bonds is 3. The fourth-order valence-corrected chi connectivity index (χ4v) is 5.50. The smallest absolute Gasteiger partial charge is 0.407 e. The molecule has 1 heterocycles. The Kier molecular flexibility index (Phi) is 4.06. The zero-order valence-corrected chi connectivity index (χ0v) is 17.0. The number of ether oxygens (including phenoxy) is 1. The van der Waals surface area contributed by atoms with Crippen molar-refractivity contribution in [3.63, 3.8) is 0 Å². The van der Waals surface area contributed by atoms with Crippen molar-refractivity contribution in [2.45, 2.75) is 52.0 Å². The Bertz CT molecular complexity index is 799. The maximum atomic E-state index is 12.9. The molecule has 5 nitrogen and oxygen atoms in total. The van der Waals surface area contributed by atoms with Crippen molar-refractivity contribution in [3.8, 4) is 0 Å². The zero-order valence-electron chi connectivity index (χ0n) is 17.0. The first-order chi connectivity index (χ1) is 12.7. The van der Waals surface area contributed by atoms with Gasteiger partial charge in [0.1, 0.15) is 0 Å². The molecule has 146 valence electrons. The summed E-state index contributed by atoms with van der Waals surface area (Å²) in [7, 11) is 1.36. The molecule has 0 bridgehead atoms. The fraction of sp³-hybridized carbons (Fsp3) is 0.636. The van der Waals surface area contributed by atoms with E-state index >= 15 is 0 Å². The van der Waals surface area contributed by atoms with Crippen LogP contribution in [0.25, 0.3) is 0 Å². The zero-order chi connectivity index (χ0) is 19.6. The molecule has 3 aliphatic rings. The van der Waals surface area contributed by atoms with E-state index in [-0.39, 0.29) is 22.8 Å². The second-order valence-corrected chi connectivity index (χ2v) is 9.43. The lowest BCUT2D eigenvalue weighted by atomic mass is 9.69. The Labute approximate surface area is 161 Å². The maximum Gasteiger partial charge on any atom is 0.407 e. The summed E-state index contributed by atoms with van der Waals surface area (Å²) in [6.45, 7) is 10.3. The van der Waals surface area contributed by atoms with Crippen LogP contribution in [0.5, 0.6) is 0 Å². The molecule has 3 fully saturated rings. The number of likely N-dealkylation sites (tertiary alicyclic amines) is 1. The second kappa shape index (κ2) is 5.98. The van der Waals surface area contributed by atoms with Crippen LogP contribution in [0.3, 0.4) is 0 Å². The summed E-state index contributed by atoms with van der Waals surface area (Å²) in [5.74, 6) is 1.43. The normalized spacial score (nSPS) is 36.6. The first kappa shape index (κ1) is 18.3. The maximum absolute atomic E-state index is 12.9. The van der Waals surface area contributed by atoms with E-state index in [0.717, 1.165) is 13.1 Å². The van der Waals surface area contributed by atoms with Crippen molar-refractivity contribution in [1.82, 2.24) is 10.2 Å². The van der Waals surface area contributed by atoms with Crippen molar-refractivity contribution in [1.29, 1.82) is 0 Å². The molecule has 2 amide bonds. The molecule has 2 saturated carbocycles. The van der Waals surface area contributed by atoms with E-state index in [1.165, 1.54) is 23.8 Å². The third-order valence-electron chi connectivity index (χ3n) is 7.33. The van der Waals surface area contributed by atoms with Gasteiger partial charge in [-0.3, -0.25) is 4.79 Å². The van der Waals surface area contributed by atoms with Crippen LogP contribution in [0.4, 0.5) is 4.79 Å². The Morgan fingerprint density at radius 3 is 2.44 bits per heavy atom. The highest BCUT2D eigenvalue weighted by Gasteiger charge is 2.67. The second-order valence-electron chi connectivity index (χ2n) is 9.43. The predicted molar refractivity (Wildman–Crippen MR) is 104 cm³/mol. The summed E-state index contributed by atoms with van der Waals surface area (Å²) >= 11 is 0. The first-order valence-electron chi connectivity index (χ1n) is 9.89. The largest absolute Gasteiger partial charge is 0.453 e. The third-order valence-corrected chi connectivity index (χ3v) is 7.33. The Morgan fingerprint density at radius 2 is 1.89 bits per heavy atom. The molecule has 0 unspecified atom stereocenters. The average Bonchev–Trinajstić information content (AvgIpc) is 2.99. The van der Waals surface area contributed by atoms with Gasteiger partial charge in [0.25, 0.3) is 0 Å². The van der Waals surface area contributed by atoms with Crippen LogP contribution in [-0.4, -0.2) is 42.6 Å². The third kappa shape index (κ3) is 2.91. The summed E-state index contributed by atoms with van der Waals surface area (Å²) in [5.41, 5.74) is 4.01. The van der Waals surface area contributed by atoms with Gasteiger partial charge in [0.05, 0.1) is 7.11 Å². The average molecular weight is 370 g/mol. The van der Waals surface area contributed by atoms with Gasteiger partial charge in [-0.15, -0.1) is 0 Å². The molecule has 1 saturated heterocycles. The number of nitrogens with zero attached hydrogens (tertiary/aromatic N) is 1. The lowest BCUT2D eigenvalue weighted by Crippen LogP contribution is -2.58. The van der Waals surface area contributed by atoms with E-state index in [1.54, 1.807) is 0 Å². The molecule has 2 aliphatic carbocycles. The van der Waals surface area contributed by atoms with Crippen LogP contribution in [0.2, 0.25) is 0 Å². The quantitative estimate of drug-likeness (QED) is 0.887.